The van der Waals surface area contributed by atoms with Gasteiger partial charge in [-0.2, -0.15) is 0 Å². The lowest BCUT2D eigenvalue weighted by atomic mass is 10.0. The number of rotatable bonds is 11. The molecule has 0 aliphatic rings. The van der Waals surface area contributed by atoms with E-state index in [1.807, 2.05) is 32.9 Å². The highest BCUT2D eigenvalue weighted by atomic mass is 35.5. The number of carbonyl (C=O) groups is 4. The minimum absolute atomic E-state index is 0.240. The number of H-pyrrole nitrogens is 2. The van der Waals surface area contributed by atoms with Crippen molar-refractivity contribution in [3.63, 3.8) is 0 Å². The minimum Gasteiger partial charge on any atom is -0.482 e. The monoisotopic (exact) mass is 897 g/mol. The van der Waals surface area contributed by atoms with Gasteiger partial charge in [-0.1, -0.05) is 35.3 Å². The standard InChI is InChI=1S/C24H21ClN4O3.C24H20ClN3O4/c1-3-32-24(31)27-18-8-9-19(14(2)11-18)22-28-20-10-7-15(12-21(20)29-22)23(30)26-17-6-4-5-16(25)13-17;1-13-8-18(32-12-21(29)30)9-14(2)22(13)23-27-19-7-6-15(10-20(19)28-23)24(31)26-17-5-3-4-16(25)11-17/h4-13H,3H2,1-2H3,(H,26,30)(H,27,31)(H,28,29);3-11H,12H2,1-2H3,(H,26,31)(H,27,28)(H,29,30). The molecular weight excluding hydrogens is 857 g/mol. The predicted octanol–water partition coefficient (Wildman–Crippen LogP) is 11.2. The fraction of sp³-hybridized carbons (Fsp3) is 0.125. The van der Waals surface area contributed by atoms with Crippen LogP contribution in [0.3, 0.4) is 0 Å². The van der Waals surface area contributed by atoms with Gasteiger partial charge in [-0.05, 0) is 148 Å². The number of ether oxygens (including phenoxy) is 2. The zero-order valence-corrected chi connectivity index (χ0v) is 36.4. The van der Waals surface area contributed by atoms with E-state index in [2.05, 4.69) is 35.9 Å². The number of benzene rings is 6. The molecule has 0 aliphatic carbocycles. The molecule has 0 saturated carbocycles. The minimum atomic E-state index is -1.03. The first-order valence-corrected chi connectivity index (χ1v) is 20.6. The summed E-state index contributed by atoms with van der Waals surface area (Å²) in [7, 11) is 0. The summed E-state index contributed by atoms with van der Waals surface area (Å²) in [4.78, 5) is 63.5. The van der Waals surface area contributed by atoms with Gasteiger partial charge in [-0.15, -0.1) is 0 Å². The van der Waals surface area contributed by atoms with Crippen molar-refractivity contribution in [1.29, 1.82) is 0 Å². The van der Waals surface area contributed by atoms with Crippen LogP contribution >= 0.6 is 23.2 Å². The molecule has 8 rings (SSSR count). The van der Waals surface area contributed by atoms with Crippen LogP contribution in [0.4, 0.5) is 21.9 Å². The molecule has 0 fully saturated rings. The molecule has 0 bridgehead atoms. The van der Waals surface area contributed by atoms with Crippen LogP contribution in [0.15, 0.2) is 115 Å². The molecule has 0 saturated heterocycles. The van der Waals surface area contributed by atoms with Crippen LogP contribution in [0.25, 0.3) is 44.8 Å². The largest absolute Gasteiger partial charge is 0.482 e. The van der Waals surface area contributed by atoms with Crippen LogP contribution in [-0.4, -0.2) is 62.1 Å². The molecule has 0 radical (unpaired) electrons. The van der Waals surface area contributed by atoms with Gasteiger partial charge in [0.2, 0.25) is 0 Å². The van der Waals surface area contributed by atoms with E-state index in [1.54, 1.807) is 110 Å². The number of carboxylic acid groups (broad SMARTS) is 1. The molecular formula is C48H41Cl2N7O7. The van der Waals surface area contributed by atoms with E-state index in [1.165, 1.54) is 0 Å². The van der Waals surface area contributed by atoms with E-state index in [0.29, 0.717) is 62.2 Å². The lowest BCUT2D eigenvalue weighted by Gasteiger charge is -2.11. The van der Waals surface area contributed by atoms with Crippen LogP contribution in [0.5, 0.6) is 5.75 Å². The Balaban J connectivity index is 0.000000191. The molecule has 2 heterocycles. The Morgan fingerprint density at radius 3 is 1.67 bits per heavy atom. The van der Waals surface area contributed by atoms with Crippen molar-refractivity contribution in [2.45, 2.75) is 27.7 Å². The summed E-state index contributed by atoms with van der Waals surface area (Å²) in [5, 5.41) is 18.3. The third kappa shape index (κ3) is 10.8. The second-order valence-corrected chi connectivity index (χ2v) is 15.4. The summed E-state index contributed by atoms with van der Waals surface area (Å²) in [5.41, 5.74) is 10.3. The number of hydrogen-bond donors (Lipinski definition) is 6. The summed E-state index contributed by atoms with van der Waals surface area (Å²) in [5.74, 6) is 0.298. The van der Waals surface area contributed by atoms with Crippen molar-refractivity contribution in [1.82, 2.24) is 19.9 Å². The van der Waals surface area contributed by atoms with Gasteiger partial charge in [0, 0.05) is 49.4 Å². The number of nitrogens with one attached hydrogen (secondary N) is 5. The summed E-state index contributed by atoms with van der Waals surface area (Å²) < 4.78 is 10.2. The maximum Gasteiger partial charge on any atom is 0.411 e. The number of aliphatic carboxylic acids is 1. The molecule has 6 aromatic carbocycles. The molecule has 64 heavy (non-hydrogen) atoms. The third-order valence-electron chi connectivity index (χ3n) is 9.76. The van der Waals surface area contributed by atoms with Gasteiger partial charge in [-0.25, -0.2) is 19.6 Å². The molecule has 6 N–H and O–H groups in total. The Labute approximate surface area is 377 Å². The van der Waals surface area contributed by atoms with Crippen molar-refractivity contribution in [2.24, 2.45) is 0 Å². The highest BCUT2D eigenvalue weighted by Gasteiger charge is 2.16. The van der Waals surface area contributed by atoms with Crippen LogP contribution in [0.1, 0.15) is 44.3 Å². The average molecular weight is 899 g/mol. The zero-order valence-electron chi connectivity index (χ0n) is 34.9. The van der Waals surface area contributed by atoms with E-state index >= 15 is 0 Å². The number of aromatic amines is 2. The Kier molecular flexibility index (Phi) is 13.6. The number of imidazole rings is 2. The highest BCUT2D eigenvalue weighted by molar-refractivity contribution is 6.31. The normalized spacial score (nSPS) is 10.8. The number of aromatic nitrogens is 4. The average Bonchev–Trinajstić information content (AvgIpc) is 3.87. The van der Waals surface area contributed by atoms with E-state index < -0.39 is 18.7 Å². The fourth-order valence-corrected chi connectivity index (χ4v) is 7.29. The molecule has 0 atom stereocenters. The number of anilines is 3. The molecule has 0 unspecified atom stereocenters. The summed E-state index contributed by atoms with van der Waals surface area (Å²) in [6.07, 6.45) is -0.494. The number of halogens is 2. The molecule has 8 aromatic rings. The summed E-state index contributed by atoms with van der Waals surface area (Å²) in [6.45, 7) is 7.41. The van der Waals surface area contributed by atoms with Crippen LogP contribution in [-0.2, 0) is 9.53 Å². The number of fused-ring (bicyclic) bond motifs is 2. The Hall–Kier alpha value is -7.68. The fourth-order valence-electron chi connectivity index (χ4n) is 6.90. The van der Waals surface area contributed by atoms with E-state index in [9.17, 15) is 19.2 Å². The summed E-state index contributed by atoms with van der Waals surface area (Å²) in [6, 6.07) is 33.6. The smallest absolute Gasteiger partial charge is 0.411 e. The highest BCUT2D eigenvalue weighted by Crippen LogP contribution is 2.32. The van der Waals surface area contributed by atoms with Crippen molar-refractivity contribution < 1.29 is 33.8 Å². The van der Waals surface area contributed by atoms with Crippen LogP contribution < -0.4 is 20.7 Å². The first kappa shape index (κ1) is 44.4. The Morgan fingerprint density at radius 1 is 0.625 bits per heavy atom. The Morgan fingerprint density at radius 2 is 1.16 bits per heavy atom. The summed E-state index contributed by atoms with van der Waals surface area (Å²) >= 11 is 12.0. The van der Waals surface area contributed by atoms with Crippen molar-refractivity contribution in [2.75, 3.05) is 29.2 Å². The number of aryl methyl sites for hydroxylation is 3. The lowest BCUT2D eigenvalue weighted by molar-refractivity contribution is -0.139. The van der Waals surface area contributed by atoms with E-state index in [0.717, 1.165) is 49.9 Å². The van der Waals surface area contributed by atoms with Crippen molar-refractivity contribution >= 4 is 86.2 Å². The molecule has 14 nitrogen and oxygen atoms in total. The lowest BCUT2D eigenvalue weighted by Crippen LogP contribution is -2.13. The Bertz CT molecular complexity index is 3050. The zero-order chi connectivity index (χ0) is 45.5. The van der Waals surface area contributed by atoms with Gasteiger partial charge in [0.25, 0.3) is 11.8 Å². The second-order valence-electron chi connectivity index (χ2n) is 14.6. The molecule has 0 aliphatic heterocycles. The van der Waals surface area contributed by atoms with Gasteiger partial charge < -0.3 is 35.2 Å². The van der Waals surface area contributed by atoms with Crippen LogP contribution in [0.2, 0.25) is 10.0 Å². The van der Waals surface area contributed by atoms with Gasteiger partial charge in [-0.3, -0.25) is 14.9 Å². The van der Waals surface area contributed by atoms with E-state index in [4.69, 9.17) is 37.8 Å². The predicted molar refractivity (Wildman–Crippen MR) is 250 cm³/mol. The molecule has 0 spiro atoms. The van der Waals surface area contributed by atoms with E-state index in [-0.39, 0.29) is 11.8 Å². The topological polar surface area (TPSA) is 200 Å². The van der Waals surface area contributed by atoms with Gasteiger partial charge in [0.05, 0.1) is 28.7 Å². The first-order chi connectivity index (χ1) is 30.7. The van der Waals surface area contributed by atoms with Crippen molar-refractivity contribution in [3.8, 4) is 28.5 Å². The molecule has 16 heteroatoms. The molecule has 2 aromatic heterocycles. The maximum absolute atomic E-state index is 12.7. The maximum atomic E-state index is 12.7. The quantitative estimate of drug-likeness (QED) is 0.0731. The third-order valence-corrected chi connectivity index (χ3v) is 10.2. The number of nitrogens with zero attached hydrogens (tertiary/aromatic N) is 2. The molecule has 324 valence electrons. The van der Waals surface area contributed by atoms with Crippen LogP contribution in [0, 0.1) is 20.8 Å². The number of amides is 3. The SMILES string of the molecule is CCOC(=O)Nc1ccc(-c2nc3ccc(C(=O)Nc4cccc(Cl)c4)cc3[nH]2)c(C)c1.Cc1cc(OCC(=O)O)cc(C)c1-c1nc2ccc(C(=O)Nc3cccc(Cl)c3)cc2[nH]1. The number of carbonyl (C=O) groups excluding carboxylic acids is 3. The van der Waals surface area contributed by atoms with Gasteiger partial charge >= 0.3 is 12.1 Å². The van der Waals surface area contributed by atoms with Gasteiger partial charge in [0.15, 0.2) is 6.61 Å². The molecule has 3 amide bonds. The number of carboxylic acids is 1. The number of hydrogen-bond acceptors (Lipinski definition) is 8. The first-order valence-electron chi connectivity index (χ1n) is 19.9. The second kappa shape index (κ2) is 19.6. The van der Waals surface area contributed by atoms with Gasteiger partial charge in [0.1, 0.15) is 17.4 Å². The van der Waals surface area contributed by atoms with Crippen molar-refractivity contribution in [3.05, 3.63) is 153 Å².